The van der Waals surface area contributed by atoms with Crippen LogP contribution < -0.4 is 15.5 Å². The lowest BCUT2D eigenvalue weighted by Crippen LogP contribution is -2.30. The lowest BCUT2D eigenvalue weighted by molar-refractivity contribution is 0.0600. The highest BCUT2D eigenvalue weighted by Gasteiger charge is 2.19. The molecule has 6 heteroatoms. The quantitative estimate of drug-likeness (QED) is 0.791. The van der Waals surface area contributed by atoms with Crippen molar-refractivity contribution in [3.05, 3.63) is 59.2 Å². The number of methoxy groups -OCH3 is 1. The first-order chi connectivity index (χ1) is 13.1. The second-order valence-electron chi connectivity index (χ2n) is 6.65. The minimum absolute atomic E-state index is 0.305. The number of urea groups is 1. The molecule has 3 rings (SSSR count). The van der Waals surface area contributed by atoms with Crippen LogP contribution in [-0.2, 0) is 11.3 Å². The summed E-state index contributed by atoms with van der Waals surface area (Å²) in [5, 5.41) is 5.78. The fourth-order valence-corrected chi connectivity index (χ4v) is 3.27. The summed E-state index contributed by atoms with van der Waals surface area (Å²) >= 11 is 0. The summed E-state index contributed by atoms with van der Waals surface area (Å²) in [5.41, 5.74) is 4.14. The van der Waals surface area contributed by atoms with Crippen LogP contribution in [0.25, 0.3) is 0 Å². The van der Waals surface area contributed by atoms with E-state index in [4.69, 9.17) is 4.74 Å². The van der Waals surface area contributed by atoms with Crippen molar-refractivity contribution in [1.29, 1.82) is 0 Å². The van der Waals surface area contributed by atoms with Gasteiger partial charge in [0, 0.05) is 19.6 Å². The molecule has 2 aromatic carbocycles. The molecule has 0 unspecified atom stereocenters. The first-order valence-electron chi connectivity index (χ1n) is 9.15. The molecule has 0 bridgehead atoms. The highest BCUT2D eigenvalue weighted by molar-refractivity contribution is 5.97. The maximum atomic E-state index is 12.5. The molecule has 1 aliphatic rings. The molecule has 0 aromatic heterocycles. The predicted molar refractivity (Wildman–Crippen MR) is 106 cm³/mol. The van der Waals surface area contributed by atoms with Crippen LogP contribution in [0.3, 0.4) is 0 Å². The van der Waals surface area contributed by atoms with Crippen molar-refractivity contribution >= 4 is 23.4 Å². The second-order valence-corrected chi connectivity index (χ2v) is 6.65. The summed E-state index contributed by atoms with van der Waals surface area (Å²) in [4.78, 5) is 26.5. The first kappa shape index (κ1) is 18.8. The maximum absolute atomic E-state index is 12.5. The van der Waals surface area contributed by atoms with Gasteiger partial charge in [-0.3, -0.25) is 0 Å². The number of aryl methyl sites for hydroxylation is 1. The van der Waals surface area contributed by atoms with E-state index < -0.39 is 5.97 Å². The largest absolute Gasteiger partial charge is 0.465 e. The monoisotopic (exact) mass is 367 g/mol. The van der Waals surface area contributed by atoms with Crippen LogP contribution in [0.1, 0.15) is 34.3 Å². The van der Waals surface area contributed by atoms with Gasteiger partial charge in [0.2, 0.25) is 0 Å². The Labute approximate surface area is 159 Å². The summed E-state index contributed by atoms with van der Waals surface area (Å²) in [6.07, 6.45) is 2.25. The molecule has 0 saturated carbocycles. The van der Waals surface area contributed by atoms with E-state index in [2.05, 4.69) is 15.5 Å². The summed E-state index contributed by atoms with van der Waals surface area (Å²) in [7, 11) is 1.35. The third-order valence-electron chi connectivity index (χ3n) is 4.81. The third kappa shape index (κ3) is 4.58. The highest BCUT2D eigenvalue weighted by atomic mass is 16.5. The number of hydrogen-bond donors (Lipinski definition) is 2. The summed E-state index contributed by atoms with van der Waals surface area (Å²) in [5.74, 6) is -0.425. The minimum Gasteiger partial charge on any atom is -0.465 e. The van der Waals surface area contributed by atoms with E-state index in [1.165, 1.54) is 7.11 Å². The molecule has 6 nitrogen and oxygen atoms in total. The number of ether oxygens (including phenoxy) is 1. The third-order valence-corrected chi connectivity index (χ3v) is 4.81. The molecule has 27 heavy (non-hydrogen) atoms. The van der Waals surface area contributed by atoms with Gasteiger partial charge in [0.15, 0.2) is 0 Å². The molecule has 2 aromatic rings. The highest BCUT2D eigenvalue weighted by Crippen LogP contribution is 2.30. The van der Waals surface area contributed by atoms with Gasteiger partial charge in [0.25, 0.3) is 0 Å². The van der Waals surface area contributed by atoms with Gasteiger partial charge in [-0.2, -0.15) is 0 Å². The number of benzene rings is 2. The smallest absolute Gasteiger partial charge is 0.337 e. The van der Waals surface area contributed by atoms with Crippen LogP contribution in [0.5, 0.6) is 0 Å². The fourth-order valence-electron chi connectivity index (χ4n) is 3.27. The van der Waals surface area contributed by atoms with Crippen LogP contribution in [0.4, 0.5) is 16.2 Å². The Morgan fingerprint density at radius 1 is 1.11 bits per heavy atom. The van der Waals surface area contributed by atoms with Gasteiger partial charge in [-0.25, -0.2) is 9.59 Å². The number of anilines is 2. The van der Waals surface area contributed by atoms with Gasteiger partial charge in [-0.1, -0.05) is 24.3 Å². The Hall–Kier alpha value is -3.02. The zero-order valence-corrected chi connectivity index (χ0v) is 15.7. The van der Waals surface area contributed by atoms with Gasteiger partial charge >= 0.3 is 12.0 Å². The van der Waals surface area contributed by atoms with Crippen LogP contribution in [0, 0.1) is 6.92 Å². The second kappa shape index (κ2) is 8.58. The van der Waals surface area contributed by atoms with E-state index in [0.29, 0.717) is 17.8 Å². The lowest BCUT2D eigenvalue weighted by atomic mass is 10.1. The molecular formula is C21H25N3O3. The number of esters is 1. The van der Waals surface area contributed by atoms with E-state index in [-0.39, 0.29) is 6.03 Å². The normalized spacial score (nSPS) is 13.3. The van der Waals surface area contributed by atoms with Crippen LogP contribution >= 0.6 is 0 Å². The predicted octanol–water partition coefficient (Wildman–Crippen LogP) is 3.70. The molecular weight excluding hydrogens is 342 g/mol. The summed E-state index contributed by atoms with van der Waals surface area (Å²) in [6, 6.07) is 12.9. The molecule has 2 N–H and O–H groups in total. The van der Waals surface area contributed by atoms with Gasteiger partial charge in [-0.05, 0) is 49.1 Å². The number of carbonyl (C=O) groups is 2. The Morgan fingerprint density at radius 2 is 1.85 bits per heavy atom. The molecule has 142 valence electrons. The molecule has 1 fully saturated rings. The standard InChI is InChI=1S/C21H25N3O3/c1-15-7-3-4-8-17(15)14-22-21(26)23-18-13-16(20(25)27-2)9-10-19(18)24-11-5-6-12-24/h3-4,7-10,13H,5-6,11-12,14H2,1-2H3,(H2,22,23,26). The van der Waals surface area contributed by atoms with Gasteiger partial charge in [0.1, 0.15) is 0 Å². The molecule has 1 saturated heterocycles. The number of carbonyl (C=O) groups excluding carboxylic acids is 2. The average molecular weight is 367 g/mol. The zero-order chi connectivity index (χ0) is 19.2. The number of hydrogen-bond acceptors (Lipinski definition) is 4. The van der Waals surface area contributed by atoms with Crippen molar-refractivity contribution in [1.82, 2.24) is 5.32 Å². The first-order valence-corrected chi connectivity index (χ1v) is 9.15. The fraction of sp³-hybridized carbons (Fsp3) is 0.333. The SMILES string of the molecule is COC(=O)c1ccc(N2CCCC2)c(NC(=O)NCc2ccccc2C)c1. The van der Waals surface area contributed by atoms with Crippen molar-refractivity contribution in [2.75, 3.05) is 30.4 Å². The Kier molecular flexibility index (Phi) is 5.96. The van der Waals surface area contributed by atoms with Crippen molar-refractivity contribution in [3.63, 3.8) is 0 Å². The maximum Gasteiger partial charge on any atom is 0.337 e. The van der Waals surface area contributed by atoms with E-state index in [9.17, 15) is 9.59 Å². The van der Waals surface area contributed by atoms with Gasteiger partial charge in [0.05, 0.1) is 24.0 Å². The molecule has 0 aliphatic carbocycles. The number of nitrogens with one attached hydrogen (secondary N) is 2. The van der Waals surface area contributed by atoms with E-state index in [0.717, 1.165) is 42.7 Å². The number of amides is 2. The summed E-state index contributed by atoms with van der Waals surface area (Å²) in [6.45, 7) is 4.34. The van der Waals surface area contributed by atoms with E-state index in [1.807, 2.05) is 37.3 Å². The van der Waals surface area contributed by atoms with Crippen LogP contribution in [0.15, 0.2) is 42.5 Å². The van der Waals surface area contributed by atoms with Crippen molar-refractivity contribution in [2.24, 2.45) is 0 Å². The Bertz CT molecular complexity index is 829. The van der Waals surface area contributed by atoms with Gasteiger partial charge < -0.3 is 20.3 Å². The topological polar surface area (TPSA) is 70.7 Å². The zero-order valence-electron chi connectivity index (χ0n) is 15.7. The molecule has 0 spiro atoms. The minimum atomic E-state index is -0.425. The number of rotatable bonds is 5. The van der Waals surface area contributed by atoms with Crippen molar-refractivity contribution in [2.45, 2.75) is 26.3 Å². The average Bonchev–Trinajstić information content (AvgIpc) is 3.21. The van der Waals surface area contributed by atoms with Crippen molar-refractivity contribution in [3.8, 4) is 0 Å². The Morgan fingerprint density at radius 3 is 2.56 bits per heavy atom. The molecule has 1 heterocycles. The van der Waals surface area contributed by atoms with Gasteiger partial charge in [-0.15, -0.1) is 0 Å². The number of nitrogens with zero attached hydrogens (tertiary/aromatic N) is 1. The Balaban J connectivity index is 1.75. The molecule has 1 aliphatic heterocycles. The molecule has 0 radical (unpaired) electrons. The van der Waals surface area contributed by atoms with E-state index in [1.54, 1.807) is 12.1 Å². The van der Waals surface area contributed by atoms with Crippen LogP contribution in [-0.4, -0.2) is 32.2 Å². The summed E-state index contributed by atoms with van der Waals surface area (Å²) < 4.78 is 4.80. The molecule has 0 atom stereocenters. The molecule has 2 amide bonds. The van der Waals surface area contributed by atoms with Crippen LogP contribution in [0.2, 0.25) is 0 Å². The lowest BCUT2D eigenvalue weighted by Gasteiger charge is -2.22. The van der Waals surface area contributed by atoms with E-state index >= 15 is 0 Å². The van der Waals surface area contributed by atoms with Crippen molar-refractivity contribution < 1.29 is 14.3 Å².